The first-order valence-corrected chi connectivity index (χ1v) is 14.5. The summed E-state index contributed by atoms with van der Waals surface area (Å²) in [6.45, 7) is 6.90. The van der Waals surface area contributed by atoms with Crippen molar-refractivity contribution in [1.29, 1.82) is 0 Å². The van der Waals surface area contributed by atoms with Gasteiger partial charge in [0.05, 0.1) is 35.2 Å². The molecule has 1 aromatic carbocycles. The molecule has 2 aromatic rings. The number of nitrogens with zero attached hydrogens (tertiary/aromatic N) is 5. The summed E-state index contributed by atoms with van der Waals surface area (Å²) in [5.74, 6) is -0.535. The van der Waals surface area contributed by atoms with Crippen molar-refractivity contribution in [1.82, 2.24) is 19.8 Å². The smallest absolute Gasteiger partial charge is 0.417 e. The number of hydrogen-bond acceptors (Lipinski definition) is 8. The molecule has 3 saturated heterocycles. The van der Waals surface area contributed by atoms with Crippen molar-refractivity contribution in [2.45, 2.75) is 76.2 Å². The molecule has 2 N–H and O–H groups in total. The lowest BCUT2D eigenvalue weighted by Crippen LogP contribution is -2.51. The van der Waals surface area contributed by atoms with Gasteiger partial charge in [0.2, 0.25) is 0 Å². The van der Waals surface area contributed by atoms with Gasteiger partial charge in [0, 0.05) is 56.2 Å². The molecular formula is C29H37F5N6O2. The largest absolute Gasteiger partial charge is 0.461 e. The highest BCUT2D eigenvalue weighted by Crippen LogP contribution is 2.45. The highest BCUT2D eigenvalue weighted by Gasteiger charge is 2.49. The number of hydrogen-bond donors (Lipinski definition) is 1. The fourth-order valence-corrected chi connectivity index (χ4v) is 7.34. The third kappa shape index (κ3) is 5.17. The minimum Gasteiger partial charge on any atom is -0.461 e. The van der Waals surface area contributed by atoms with Crippen molar-refractivity contribution in [2.24, 2.45) is 0 Å². The van der Waals surface area contributed by atoms with E-state index in [9.17, 15) is 17.6 Å². The molecule has 4 atom stereocenters. The standard InChI is InChI=1S/C29H37F5N6O2/c1-16-9-20(35)25(31)23(24(16)29(32,33)34)22-10-21-19(14-41-22)26(40-8-7-38(3)12-17(40)2)37-27(36-21)42-15-28-5-4-6-39(28)13-18(30)11-28/h9,17-18,22H,4-8,10-15,35H2,1-3H3. The van der Waals surface area contributed by atoms with Gasteiger partial charge in [0.25, 0.3) is 0 Å². The first-order valence-electron chi connectivity index (χ1n) is 14.5. The summed E-state index contributed by atoms with van der Waals surface area (Å²) < 4.78 is 84.3. The lowest BCUT2D eigenvalue weighted by atomic mass is 9.91. The number of ether oxygens (including phenoxy) is 2. The van der Waals surface area contributed by atoms with Gasteiger partial charge in [-0.25, -0.2) is 8.78 Å². The molecule has 4 aliphatic heterocycles. The van der Waals surface area contributed by atoms with E-state index in [4.69, 9.17) is 20.2 Å². The molecule has 0 aliphatic carbocycles. The predicted octanol–water partition coefficient (Wildman–Crippen LogP) is 4.43. The van der Waals surface area contributed by atoms with Crippen LogP contribution in [-0.2, 0) is 23.9 Å². The van der Waals surface area contributed by atoms with Gasteiger partial charge in [-0.15, -0.1) is 0 Å². The maximum Gasteiger partial charge on any atom is 0.417 e. The van der Waals surface area contributed by atoms with E-state index in [2.05, 4.69) is 26.6 Å². The van der Waals surface area contributed by atoms with E-state index in [1.54, 1.807) is 0 Å². The number of fused-ring (bicyclic) bond motifs is 2. The highest BCUT2D eigenvalue weighted by molar-refractivity contribution is 5.55. The number of anilines is 2. The van der Waals surface area contributed by atoms with Gasteiger partial charge >= 0.3 is 12.2 Å². The van der Waals surface area contributed by atoms with Crippen LogP contribution < -0.4 is 15.4 Å². The van der Waals surface area contributed by atoms with Crippen LogP contribution in [0.25, 0.3) is 0 Å². The second-order valence-corrected chi connectivity index (χ2v) is 12.3. The van der Waals surface area contributed by atoms with E-state index in [1.165, 1.54) is 6.92 Å². The average Bonchev–Trinajstić information content (AvgIpc) is 3.43. The molecule has 8 nitrogen and oxygen atoms in total. The maximum absolute atomic E-state index is 15.3. The van der Waals surface area contributed by atoms with Crippen LogP contribution in [0, 0.1) is 12.7 Å². The van der Waals surface area contributed by atoms with Crippen molar-refractivity contribution in [3.8, 4) is 6.01 Å². The van der Waals surface area contributed by atoms with E-state index in [-0.39, 0.29) is 42.9 Å². The summed E-state index contributed by atoms with van der Waals surface area (Å²) in [5, 5.41) is 0. The number of aryl methyl sites for hydroxylation is 1. The molecule has 3 fully saturated rings. The van der Waals surface area contributed by atoms with Crippen LogP contribution in [0.2, 0.25) is 0 Å². The predicted molar refractivity (Wildman–Crippen MR) is 147 cm³/mol. The van der Waals surface area contributed by atoms with Gasteiger partial charge < -0.3 is 25.0 Å². The Labute approximate surface area is 242 Å². The maximum atomic E-state index is 15.3. The molecule has 4 aliphatic rings. The summed E-state index contributed by atoms with van der Waals surface area (Å²) in [6, 6.07) is 1.17. The van der Waals surface area contributed by atoms with Crippen LogP contribution in [0.1, 0.15) is 60.2 Å². The van der Waals surface area contributed by atoms with E-state index < -0.39 is 40.9 Å². The second kappa shape index (κ2) is 10.7. The van der Waals surface area contributed by atoms with Crippen LogP contribution in [0.15, 0.2) is 6.07 Å². The van der Waals surface area contributed by atoms with Gasteiger partial charge in [-0.05, 0) is 51.9 Å². The zero-order chi connectivity index (χ0) is 30.0. The summed E-state index contributed by atoms with van der Waals surface area (Å²) in [6.07, 6.45) is -4.96. The molecular weight excluding hydrogens is 559 g/mol. The zero-order valence-electron chi connectivity index (χ0n) is 24.1. The number of rotatable bonds is 5. The van der Waals surface area contributed by atoms with Crippen LogP contribution in [0.5, 0.6) is 6.01 Å². The lowest BCUT2D eigenvalue weighted by molar-refractivity contribution is -0.140. The second-order valence-electron chi connectivity index (χ2n) is 12.3. The van der Waals surface area contributed by atoms with Crippen molar-refractivity contribution < 1.29 is 31.4 Å². The quantitative estimate of drug-likeness (QED) is 0.401. The normalized spacial score (nSPS) is 28.7. The van der Waals surface area contributed by atoms with Crippen molar-refractivity contribution >= 4 is 11.5 Å². The number of piperazine rings is 1. The minimum atomic E-state index is -4.81. The van der Waals surface area contributed by atoms with Crippen LogP contribution >= 0.6 is 0 Å². The van der Waals surface area contributed by atoms with Gasteiger partial charge in [-0.2, -0.15) is 23.1 Å². The molecule has 13 heteroatoms. The van der Waals surface area contributed by atoms with Gasteiger partial charge in [0.15, 0.2) is 5.82 Å². The molecule has 42 heavy (non-hydrogen) atoms. The van der Waals surface area contributed by atoms with Crippen LogP contribution in [0.3, 0.4) is 0 Å². The molecule has 4 unspecified atom stereocenters. The molecule has 230 valence electrons. The SMILES string of the molecule is Cc1cc(N)c(F)c(C2Cc3nc(OCC45CCCN4CC(F)C5)nc(N4CCN(C)CC4C)c3CO2)c1C(F)(F)F. The number of nitrogens with two attached hydrogens (primary N) is 1. The number of likely N-dealkylation sites (N-methyl/N-ethyl adjacent to an activating group) is 1. The number of halogens is 5. The Morgan fingerprint density at radius 1 is 1.19 bits per heavy atom. The van der Waals surface area contributed by atoms with Crippen molar-refractivity contribution in [3.63, 3.8) is 0 Å². The monoisotopic (exact) mass is 596 g/mol. The van der Waals surface area contributed by atoms with Crippen molar-refractivity contribution in [2.75, 3.05) is 57.0 Å². The minimum absolute atomic E-state index is 0.0827. The topological polar surface area (TPSA) is 80.0 Å². The highest BCUT2D eigenvalue weighted by atomic mass is 19.4. The molecule has 0 radical (unpaired) electrons. The fourth-order valence-electron chi connectivity index (χ4n) is 7.34. The van der Waals surface area contributed by atoms with E-state index >= 15 is 4.39 Å². The van der Waals surface area contributed by atoms with Gasteiger partial charge in [0.1, 0.15) is 18.6 Å². The molecule has 0 amide bonds. The number of benzene rings is 1. The first kappa shape index (κ1) is 29.3. The zero-order valence-corrected chi connectivity index (χ0v) is 24.1. The fraction of sp³-hybridized carbons (Fsp3) is 0.655. The molecule has 0 spiro atoms. The third-order valence-electron chi connectivity index (χ3n) is 9.32. The molecule has 6 rings (SSSR count). The summed E-state index contributed by atoms with van der Waals surface area (Å²) in [4.78, 5) is 15.9. The Morgan fingerprint density at radius 3 is 2.71 bits per heavy atom. The Hall–Kier alpha value is -2.77. The van der Waals surface area contributed by atoms with Crippen molar-refractivity contribution in [3.05, 3.63) is 39.8 Å². The van der Waals surface area contributed by atoms with E-state index in [0.29, 0.717) is 36.6 Å². The average molecular weight is 597 g/mol. The third-order valence-corrected chi connectivity index (χ3v) is 9.32. The number of nitrogen functional groups attached to an aromatic ring is 1. The van der Waals surface area contributed by atoms with Crippen LogP contribution in [0.4, 0.5) is 33.5 Å². The first-order chi connectivity index (χ1) is 19.9. The molecule has 5 heterocycles. The van der Waals surface area contributed by atoms with E-state index in [1.807, 2.05) is 7.05 Å². The molecule has 0 bridgehead atoms. The Bertz CT molecular complexity index is 1360. The Balaban J connectivity index is 1.38. The molecule has 0 saturated carbocycles. The van der Waals surface area contributed by atoms with Gasteiger partial charge in [-0.1, -0.05) is 0 Å². The van der Waals surface area contributed by atoms with Crippen LogP contribution in [-0.4, -0.2) is 83.9 Å². The van der Waals surface area contributed by atoms with Gasteiger partial charge in [-0.3, -0.25) is 4.90 Å². The Morgan fingerprint density at radius 2 is 1.98 bits per heavy atom. The number of alkyl halides is 4. The summed E-state index contributed by atoms with van der Waals surface area (Å²) in [7, 11) is 2.04. The molecule has 1 aromatic heterocycles. The van der Waals surface area contributed by atoms with E-state index in [0.717, 1.165) is 38.5 Å². The summed E-state index contributed by atoms with van der Waals surface area (Å²) in [5.41, 5.74) is 4.21. The lowest BCUT2D eigenvalue weighted by Gasteiger charge is -2.41. The number of aromatic nitrogens is 2. The summed E-state index contributed by atoms with van der Waals surface area (Å²) >= 11 is 0. The Kier molecular flexibility index (Phi) is 7.50.